The van der Waals surface area contributed by atoms with E-state index in [1.54, 1.807) is 31.4 Å². The predicted octanol–water partition coefficient (Wildman–Crippen LogP) is 4.99. The molecule has 0 fully saturated rings. The summed E-state index contributed by atoms with van der Waals surface area (Å²) in [5.41, 5.74) is 2.47. The number of aromatic nitrogens is 2. The van der Waals surface area contributed by atoms with Crippen LogP contribution < -0.4 is 15.4 Å². The highest BCUT2D eigenvalue weighted by Crippen LogP contribution is 2.26. The van der Waals surface area contributed by atoms with E-state index in [1.165, 1.54) is 0 Å². The van der Waals surface area contributed by atoms with Crippen molar-refractivity contribution in [1.82, 2.24) is 20.8 Å². The fourth-order valence-electron chi connectivity index (χ4n) is 3.14. The van der Waals surface area contributed by atoms with Crippen LogP contribution in [0.5, 0.6) is 5.75 Å². The van der Waals surface area contributed by atoms with Gasteiger partial charge in [-0.2, -0.15) is 0 Å². The number of carbonyl (C=O) groups is 1. The fourth-order valence-corrected chi connectivity index (χ4v) is 3.27. The van der Waals surface area contributed by atoms with Gasteiger partial charge in [0.2, 0.25) is 11.8 Å². The van der Waals surface area contributed by atoms with Gasteiger partial charge in [-0.3, -0.25) is 0 Å². The summed E-state index contributed by atoms with van der Waals surface area (Å²) >= 11 is 5.95. The second kappa shape index (κ2) is 9.98. The minimum Gasteiger partial charge on any atom is -0.497 e. The van der Waals surface area contributed by atoms with Crippen LogP contribution in [0.3, 0.4) is 0 Å². The maximum absolute atomic E-state index is 12.7. The number of urea groups is 1. The number of carbonyl (C=O) groups excluding carboxylic acids is 1. The predicted molar refractivity (Wildman–Crippen MR) is 121 cm³/mol. The van der Waals surface area contributed by atoms with Crippen molar-refractivity contribution in [3.8, 4) is 17.2 Å². The number of halogens is 1. The molecule has 0 saturated carbocycles. The number of rotatable bonds is 7. The molecule has 7 nitrogen and oxygen atoms in total. The summed E-state index contributed by atoms with van der Waals surface area (Å²) in [5, 5.41) is 14.7. The lowest BCUT2D eigenvalue weighted by Crippen LogP contribution is -2.38. The zero-order chi connectivity index (χ0) is 22.3. The number of amides is 2. The van der Waals surface area contributed by atoms with E-state index in [-0.39, 0.29) is 11.9 Å². The third-order valence-electron chi connectivity index (χ3n) is 4.77. The van der Waals surface area contributed by atoms with Gasteiger partial charge >= 0.3 is 6.03 Å². The Kier molecular flexibility index (Phi) is 6.67. The minimum absolute atomic E-state index is 0.276. The van der Waals surface area contributed by atoms with Crippen LogP contribution in [0.25, 0.3) is 11.5 Å². The maximum atomic E-state index is 12.7. The Labute approximate surface area is 190 Å². The summed E-state index contributed by atoms with van der Waals surface area (Å²) in [4.78, 5) is 12.7. The monoisotopic (exact) mass is 448 g/mol. The van der Waals surface area contributed by atoms with E-state index in [0.29, 0.717) is 17.5 Å². The molecule has 3 aromatic carbocycles. The van der Waals surface area contributed by atoms with E-state index in [1.807, 2.05) is 54.6 Å². The number of nitrogens with zero attached hydrogens (tertiary/aromatic N) is 2. The molecule has 1 atom stereocenters. The molecular weight excluding hydrogens is 428 g/mol. The second-order valence-corrected chi connectivity index (χ2v) is 7.41. The normalized spacial score (nSPS) is 11.6. The standard InChI is InChI=1S/C24H21ClN4O3/c1-31-20-9-5-6-16(14-20)15-26-24(30)27-21(17-7-3-2-4-8-17)23-29-28-22(32-23)18-10-12-19(25)13-11-18/h2-14,21H,15H2,1H3,(H2,26,27,30)/t21-/m0/s1. The van der Waals surface area contributed by atoms with Crippen LogP contribution in [-0.2, 0) is 6.54 Å². The lowest BCUT2D eigenvalue weighted by atomic mass is 10.1. The molecule has 8 heteroatoms. The first-order valence-corrected chi connectivity index (χ1v) is 10.3. The van der Waals surface area contributed by atoms with Crippen molar-refractivity contribution in [2.24, 2.45) is 0 Å². The van der Waals surface area contributed by atoms with Crippen molar-refractivity contribution >= 4 is 17.6 Å². The quantitative estimate of drug-likeness (QED) is 0.416. The zero-order valence-electron chi connectivity index (χ0n) is 17.3. The van der Waals surface area contributed by atoms with E-state index >= 15 is 0 Å². The average molecular weight is 449 g/mol. The van der Waals surface area contributed by atoms with E-state index < -0.39 is 6.04 Å². The van der Waals surface area contributed by atoms with Gasteiger partial charge in [-0.25, -0.2) is 4.79 Å². The van der Waals surface area contributed by atoms with Gasteiger partial charge in [0, 0.05) is 17.1 Å². The molecule has 0 aliphatic heterocycles. The van der Waals surface area contributed by atoms with Crippen LogP contribution >= 0.6 is 11.6 Å². The van der Waals surface area contributed by atoms with Crippen LogP contribution in [0.15, 0.2) is 83.3 Å². The summed E-state index contributed by atoms with van der Waals surface area (Å²) in [6.07, 6.45) is 0. The van der Waals surface area contributed by atoms with Crippen LogP contribution in [0.2, 0.25) is 5.02 Å². The van der Waals surface area contributed by atoms with Gasteiger partial charge in [0.25, 0.3) is 0 Å². The van der Waals surface area contributed by atoms with Crippen LogP contribution in [0, 0.1) is 0 Å². The number of nitrogens with one attached hydrogen (secondary N) is 2. The van der Waals surface area contributed by atoms with E-state index in [0.717, 1.165) is 22.4 Å². The largest absolute Gasteiger partial charge is 0.497 e. The summed E-state index contributed by atoms with van der Waals surface area (Å²) in [7, 11) is 1.60. The van der Waals surface area contributed by atoms with Gasteiger partial charge in [0.1, 0.15) is 11.8 Å². The van der Waals surface area contributed by atoms with Crippen molar-refractivity contribution in [3.05, 3.63) is 101 Å². The Morgan fingerprint density at radius 2 is 1.81 bits per heavy atom. The van der Waals surface area contributed by atoms with E-state index in [9.17, 15) is 4.79 Å². The Bertz CT molecular complexity index is 1180. The van der Waals surface area contributed by atoms with Crippen molar-refractivity contribution in [1.29, 1.82) is 0 Å². The van der Waals surface area contributed by atoms with Gasteiger partial charge in [0.05, 0.1) is 7.11 Å². The summed E-state index contributed by atoms with van der Waals surface area (Å²) < 4.78 is 11.1. The SMILES string of the molecule is COc1cccc(CNC(=O)N[C@@H](c2ccccc2)c2nnc(-c3ccc(Cl)cc3)o2)c1. The van der Waals surface area contributed by atoms with Gasteiger partial charge in [-0.15, -0.1) is 10.2 Å². The third kappa shape index (κ3) is 5.25. The lowest BCUT2D eigenvalue weighted by molar-refractivity contribution is 0.236. The molecule has 162 valence electrons. The Morgan fingerprint density at radius 3 is 2.56 bits per heavy atom. The molecule has 1 heterocycles. The molecule has 0 radical (unpaired) electrons. The smallest absolute Gasteiger partial charge is 0.315 e. The van der Waals surface area contributed by atoms with Gasteiger partial charge in [-0.05, 0) is 47.5 Å². The summed E-state index contributed by atoms with van der Waals surface area (Å²) in [6, 6.07) is 23.1. The molecule has 32 heavy (non-hydrogen) atoms. The Morgan fingerprint density at radius 1 is 1.03 bits per heavy atom. The minimum atomic E-state index is -0.616. The number of benzene rings is 3. The molecule has 0 saturated heterocycles. The molecule has 4 aromatic rings. The average Bonchev–Trinajstić information content (AvgIpc) is 3.32. The first-order valence-electron chi connectivity index (χ1n) is 9.94. The first kappa shape index (κ1) is 21.4. The molecule has 1 aromatic heterocycles. The van der Waals surface area contributed by atoms with Crippen molar-refractivity contribution in [2.45, 2.75) is 12.6 Å². The number of methoxy groups -OCH3 is 1. The molecular formula is C24H21ClN4O3. The fraction of sp³-hybridized carbons (Fsp3) is 0.125. The van der Waals surface area contributed by atoms with Gasteiger partial charge < -0.3 is 19.8 Å². The van der Waals surface area contributed by atoms with E-state index in [2.05, 4.69) is 20.8 Å². The summed E-state index contributed by atoms with van der Waals surface area (Å²) in [5.74, 6) is 1.35. The molecule has 2 N–H and O–H groups in total. The molecule has 0 unspecified atom stereocenters. The van der Waals surface area contributed by atoms with E-state index in [4.69, 9.17) is 20.8 Å². The zero-order valence-corrected chi connectivity index (χ0v) is 18.0. The highest BCUT2D eigenvalue weighted by molar-refractivity contribution is 6.30. The van der Waals surface area contributed by atoms with Crippen molar-refractivity contribution < 1.29 is 13.9 Å². The highest BCUT2D eigenvalue weighted by Gasteiger charge is 2.23. The number of hydrogen-bond donors (Lipinski definition) is 2. The molecule has 0 aliphatic carbocycles. The highest BCUT2D eigenvalue weighted by atomic mass is 35.5. The molecule has 4 rings (SSSR count). The third-order valence-corrected chi connectivity index (χ3v) is 5.03. The molecule has 0 spiro atoms. The second-order valence-electron chi connectivity index (χ2n) is 6.97. The van der Waals surface area contributed by atoms with Gasteiger partial charge in [0.15, 0.2) is 0 Å². The molecule has 0 aliphatic rings. The maximum Gasteiger partial charge on any atom is 0.315 e. The van der Waals surface area contributed by atoms with Gasteiger partial charge in [-0.1, -0.05) is 54.1 Å². The first-order chi connectivity index (χ1) is 15.6. The Balaban J connectivity index is 1.51. The topological polar surface area (TPSA) is 89.3 Å². The molecule has 2 amide bonds. The molecule has 0 bridgehead atoms. The van der Waals surface area contributed by atoms with Crippen LogP contribution in [0.1, 0.15) is 23.1 Å². The lowest BCUT2D eigenvalue weighted by Gasteiger charge is -2.16. The Hall–Kier alpha value is -3.84. The van der Waals surface area contributed by atoms with Crippen LogP contribution in [0.4, 0.5) is 4.79 Å². The summed E-state index contributed by atoms with van der Waals surface area (Å²) in [6.45, 7) is 0.338. The van der Waals surface area contributed by atoms with Crippen molar-refractivity contribution in [2.75, 3.05) is 7.11 Å². The van der Waals surface area contributed by atoms with Crippen LogP contribution in [-0.4, -0.2) is 23.3 Å². The number of hydrogen-bond acceptors (Lipinski definition) is 5. The van der Waals surface area contributed by atoms with Crippen molar-refractivity contribution in [3.63, 3.8) is 0 Å². The number of ether oxygens (including phenoxy) is 1.